The summed E-state index contributed by atoms with van der Waals surface area (Å²) in [6, 6.07) is 25.6. The molecule has 0 atom stereocenters. The molecule has 0 aliphatic rings. The van der Waals surface area contributed by atoms with Crippen LogP contribution in [0.3, 0.4) is 0 Å². The van der Waals surface area contributed by atoms with Crippen molar-refractivity contribution in [2.45, 2.75) is 6.54 Å². The van der Waals surface area contributed by atoms with Gasteiger partial charge in [-0.05, 0) is 17.7 Å². The maximum Gasteiger partial charge on any atom is 0.164 e. The molecule has 0 unspecified atom stereocenters. The van der Waals surface area contributed by atoms with Crippen molar-refractivity contribution in [3.63, 3.8) is 0 Å². The first-order valence-corrected chi connectivity index (χ1v) is 8.96. The lowest BCUT2D eigenvalue weighted by Crippen LogP contribution is -2.05. The Kier molecular flexibility index (Phi) is 4.74. The van der Waals surface area contributed by atoms with Gasteiger partial charge in [0.05, 0.1) is 6.54 Å². The zero-order chi connectivity index (χ0) is 17.9. The van der Waals surface area contributed by atoms with Crippen LogP contribution in [0, 0.1) is 0 Å². The van der Waals surface area contributed by atoms with Crippen LogP contribution in [0.2, 0.25) is 10.0 Å². The average molecular weight is 380 g/mol. The van der Waals surface area contributed by atoms with Crippen LogP contribution in [0.1, 0.15) is 5.56 Å². The van der Waals surface area contributed by atoms with E-state index in [1.54, 1.807) is 6.07 Å². The van der Waals surface area contributed by atoms with Crippen molar-refractivity contribution in [2.24, 2.45) is 0 Å². The second kappa shape index (κ2) is 7.32. The molecule has 0 N–H and O–H groups in total. The zero-order valence-electron chi connectivity index (χ0n) is 13.8. The summed E-state index contributed by atoms with van der Waals surface area (Å²) >= 11 is 12.4. The Bertz CT molecular complexity index is 971. The predicted molar refractivity (Wildman–Crippen MR) is 106 cm³/mol. The van der Waals surface area contributed by atoms with Gasteiger partial charge in [-0.15, -0.1) is 10.2 Å². The molecular weight excluding hydrogens is 365 g/mol. The number of rotatable bonds is 4. The zero-order valence-corrected chi connectivity index (χ0v) is 15.3. The molecule has 4 rings (SSSR count). The molecule has 0 bridgehead atoms. The van der Waals surface area contributed by atoms with Gasteiger partial charge in [-0.3, -0.25) is 0 Å². The van der Waals surface area contributed by atoms with Crippen LogP contribution in [-0.2, 0) is 6.54 Å². The molecule has 0 fully saturated rings. The molecule has 0 spiro atoms. The van der Waals surface area contributed by atoms with Gasteiger partial charge >= 0.3 is 0 Å². The van der Waals surface area contributed by atoms with Gasteiger partial charge in [-0.1, -0.05) is 89.9 Å². The van der Waals surface area contributed by atoms with Gasteiger partial charge in [0.25, 0.3) is 0 Å². The van der Waals surface area contributed by atoms with Crippen molar-refractivity contribution in [3.05, 3.63) is 94.5 Å². The molecule has 0 saturated heterocycles. The third kappa shape index (κ3) is 3.36. The van der Waals surface area contributed by atoms with Crippen LogP contribution in [0.15, 0.2) is 78.9 Å². The van der Waals surface area contributed by atoms with Gasteiger partial charge in [-0.2, -0.15) is 0 Å². The molecule has 0 saturated carbocycles. The van der Waals surface area contributed by atoms with Crippen LogP contribution in [0.5, 0.6) is 0 Å². The highest BCUT2D eigenvalue weighted by molar-refractivity contribution is 6.35. The van der Waals surface area contributed by atoms with Crippen molar-refractivity contribution in [1.29, 1.82) is 0 Å². The molecule has 3 nitrogen and oxygen atoms in total. The highest BCUT2D eigenvalue weighted by Gasteiger charge is 2.16. The summed E-state index contributed by atoms with van der Waals surface area (Å²) in [6.07, 6.45) is 0. The highest BCUT2D eigenvalue weighted by atomic mass is 35.5. The Morgan fingerprint density at radius 3 is 1.73 bits per heavy atom. The van der Waals surface area contributed by atoms with Crippen molar-refractivity contribution in [2.75, 3.05) is 0 Å². The molecule has 0 radical (unpaired) electrons. The lowest BCUT2D eigenvalue weighted by atomic mass is 10.1. The molecule has 3 aromatic carbocycles. The average Bonchev–Trinajstić information content (AvgIpc) is 3.09. The maximum atomic E-state index is 6.40. The van der Waals surface area contributed by atoms with E-state index in [9.17, 15) is 0 Å². The molecule has 26 heavy (non-hydrogen) atoms. The summed E-state index contributed by atoms with van der Waals surface area (Å²) in [5.74, 6) is 1.60. The first-order chi connectivity index (χ1) is 12.7. The molecule has 1 heterocycles. The summed E-state index contributed by atoms with van der Waals surface area (Å²) in [7, 11) is 0. The molecule has 4 aromatic rings. The van der Waals surface area contributed by atoms with Gasteiger partial charge in [0.15, 0.2) is 11.6 Å². The van der Waals surface area contributed by atoms with E-state index in [0.717, 1.165) is 28.3 Å². The first-order valence-electron chi connectivity index (χ1n) is 8.20. The van der Waals surface area contributed by atoms with Crippen LogP contribution in [0.4, 0.5) is 0 Å². The molecular formula is C21H15Cl2N3. The van der Waals surface area contributed by atoms with Crippen molar-refractivity contribution in [3.8, 4) is 22.8 Å². The molecule has 0 amide bonds. The second-order valence-corrected chi connectivity index (χ2v) is 6.74. The van der Waals surface area contributed by atoms with E-state index in [2.05, 4.69) is 14.8 Å². The van der Waals surface area contributed by atoms with E-state index in [1.807, 2.05) is 72.8 Å². The Morgan fingerprint density at radius 2 is 1.23 bits per heavy atom. The van der Waals surface area contributed by atoms with Gasteiger partial charge in [0.1, 0.15) is 0 Å². The summed E-state index contributed by atoms with van der Waals surface area (Å²) in [5.41, 5.74) is 2.98. The Hall–Kier alpha value is -2.62. The van der Waals surface area contributed by atoms with Gasteiger partial charge in [-0.25, -0.2) is 0 Å². The third-order valence-corrected chi connectivity index (χ3v) is 4.75. The number of hydrogen-bond acceptors (Lipinski definition) is 2. The first kappa shape index (κ1) is 16.8. The number of benzene rings is 3. The van der Waals surface area contributed by atoms with E-state index in [1.165, 1.54) is 0 Å². The Balaban J connectivity index is 1.85. The fraction of sp³-hybridized carbons (Fsp3) is 0.0476. The van der Waals surface area contributed by atoms with Crippen molar-refractivity contribution in [1.82, 2.24) is 14.8 Å². The van der Waals surface area contributed by atoms with Crippen LogP contribution in [-0.4, -0.2) is 14.8 Å². The summed E-state index contributed by atoms with van der Waals surface area (Å²) in [4.78, 5) is 0. The Labute approximate surface area is 161 Å². The Morgan fingerprint density at radius 1 is 0.692 bits per heavy atom. The molecule has 5 heteroatoms. The van der Waals surface area contributed by atoms with Crippen LogP contribution >= 0.6 is 23.2 Å². The summed E-state index contributed by atoms with van der Waals surface area (Å²) < 4.78 is 2.08. The number of halogens is 2. The monoisotopic (exact) mass is 379 g/mol. The van der Waals surface area contributed by atoms with Crippen molar-refractivity contribution < 1.29 is 0 Å². The molecule has 0 aliphatic carbocycles. The lowest BCUT2D eigenvalue weighted by molar-refractivity contribution is 0.812. The van der Waals surface area contributed by atoms with Gasteiger partial charge in [0, 0.05) is 21.2 Å². The van der Waals surface area contributed by atoms with E-state index >= 15 is 0 Å². The second-order valence-electron chi connectivity index (χ2n) is 5.90. The topological polar surface area (TPSA) is 30.7 Å². The lowest BCUT2D eigenvalue weighted by Gasteiger charge is -2.12. The SMILES string of the molecule is Clc1ccc(Cn2c(-c3ccccc3)nnc2-c2ccccc2)c(Cl)c1. The fourth-order valence-electron chi connectivity index (χ4n) is 2.87. The standard InChI is InChI=1S/C21H15Cl2N3/c22-18-12-11-17(19(23)13-18)14-26-20(15-7-3-1-4-8-15)24-25-21(26)16-9-5-2-6-10-16/h1-13H,14H2. The molecule has 1 aromatic heterocycles. The van der Waals surface area contributed by atoms with Gasteiger partial charge < -0.3 is 4.57 Å². The third-order valence-electron chi connectivity index (χ3n) is 4.16. The highest BCUT2D eigenvalue weighted by Crippen LogP contribution is 2.28. The van der Waals surface area contributed by atoms with Gasteiger partial charge in [0.2, 0.25) is 0 Å². The normalized spacial score (nSPS) is 10.8. The molecule has 128 valence electrons. The minimum Gasteiger partial charge on any atom is -0.302 e. The smallest absolute Gasteiger partial charge is 0.164 e. The van der Waals surface area contributed by atoms with E-state index < -0.39 is 0 Å². The van der Waals surface area contributed by atoms with E-state index in [4.69, 9.17) is 23.2 Å². The quantitative estimate of drug-likeness (QED) is 0.437. The molecule has 0 aliphatic heterocycles. The number of aromatic nitrogens is 3. The number of hydrogen-bond donors (Lipinski definition) is 0. The number of nitrogens with zero attached hydrogens (tertiary/aromatic N) is 3. The van der Waals surface area contributed by atoms with Crippen LogP contribution < -0.4 is 0 Å². The van der Waals surface area contributed by atoms with E-state index in [0.29, 0.717) is 16.6 Å². The largest absolute Gasteiger partial charge is 0.302 e. The predicted octanol–water partition coefficient (Wildman–Crippen LogP) is 5.97. The fourth-order valence-corrected chi connectivity index (χ4v) is 3.34. The minimum absolute atomic E-state index is 0.553. The summed E-state index contributed by atoms with van der Waals surface area (Å²) in [5, 5.41) is 10.1. The van der Waals surface area contributed by atoms with E-state index in [-0.39, 0.29) is 0 Å². The minimum atomic E-state index is 0.553. The maximum absolute atomic E-state index is 6.40. The summed E-state index contributed by atoms with van der Waals surface area (Å²) in [6.45, 7) is 0.553. The van der Waals surface area contributed by atoms with Crippen LogP contribution in [0.25, 0.3) is 22.8 Å². The van der Waals surface area contributed by atoms with Crippen molar-refractivity contribution >= 4 is 23.2 Å².